The van der Waals surface area contributed by atoms with Crippen LogP contribution in [0.4, 0.5) is 0 Å². The predicted octanol–water partition coefficient (Wildman–Crippen LogP) is 7.19. The molecule has 1 nitrogen and oxygen atoms in total. The second kappa shape index (κ2) is 7.57. The maximum absolute atomic E-state index is 5.89. The van der Waals surface area contributed by atoms with Crippen LogP contribution >= 0.6 is 0 Å². The smallest absolute Gasteiger partial charge is 0.127 e. The number of hydrogen-bond acceptors (Lipinski definition) is 1. The molecular formula is C24H25O. The van der Waals surface area contributed by atoms with Gasteiger partial charge in [0.1, 0.15) is 11.5 Å². The third-order valence-electron chi connectivity index (χ3n) is 4.32. The van der Waals surface area contributed by atoms with E-state index in [1.165, 1.54) is 22.3 Å². The van der Waals surface area contributed by atoms with Crippen LogP contribution in [0.1, 0.15) is 50.7 Å². The highest BCUT2D eigenvalue weighted by Gasteiger charge is 2.09. The number of hydrogen-bond donors (Lipinski definition) is 0. The molecule has 0 fully saturated rings. The number of para-hydroxylation sites is 1. The summed E-state index contributed by atoms with van der Waals surface area (Å²) in [5.41, 5.74) is 4.99. The third kappa shape index (κ3) is 4.30. The molecule has 0 unspecified atom stereocenters. The molecule has 1 heteroatoms. The highest BCUT2D eigenvalue weighted by Crippen LogP contribution is 2.30. The number of ether oxygens (including phenoxy) is 1. The van der Waals surface area contributed by atoms with Crippen LogP contribution in [-0.4, -0.2) is 0 Å². The molecule has 0 aliphatic carbocycles. The molecule has 0 amide bonds. The molecule has 0 saturated heterocycles. The van der Waals surface area contributed by atoms with Gasteiger partial charge in [0.15, 0.2) is 0 Å². The largest absolute Gasteiger partial charge is 0.457 e. The number of benzene rings is 3. The molecule has 1 radical (unpaired) electrons. The first kappa shape index (κ1) is 17.3. The Kier molecular flexibility index (Phi) is 5.23. The minimum Gasteiger partial charge on any atom is -0.457 e. The highest BCUT2D eigenvalue weighted by molar-refractivity contribution is 5.66. The maximum atomic E-state index is 5.89. The van der Waals surface area contributed by atoms with Gasteiger partial charge in [0.05, 0.1) is 0 Å². The Hall–Kier alpha value is -2.54. The monoisotopic (exact) mass is 329 g/mol. The van der Waals surface area contributed by atoms with Gasteiger partial charge in [-0.15, -0.1) is 0 Å². The summed E-state index contributed by atoms with van der Waals surface area (Å²) in [6.07, 6.45) is 0. The van der Waals surface area contributed by atoms with Crippen LogP contribution in [-0.2, 0) is 0 Å². The fourth-order valence-electron chi connectivity index (χ4n) is 2.74. The summed E-state index contributed by atoms with van der Waals surface area (Å²) in [4.78, 5) is 0. The van der Waals surface area contributed by atoms with Crippen LogP contribution in [0.15, 0.2) is 66.7 Å². The van der Waals surface area contributed by atoms with Gasteiger partial charge in [-0.05, 0) is 64.4 Å². The van der Waals surface area contributed by atoms with Gasteiger partial charge in [0.2, 0.25) is 0 Å². The van der Waals surface area contributed by atoms with Crippen molar-refractivity contribution in [2.45, 2.75) is 39.5 Å². The van der Waals surface area contributed by atoms with Gasteiger partial charge in [0, 0.05) is 0 Å². The fraction of sp³-hybridized carbons (Fsp3) is 0.250. The van der Waals surface area contributed by atoms with E-state index in [0.29, 0.717) is 11.8 Å². The van der Waals surface area contributed by atoms with Crippen molar-refractivity contribution in [3.63, 3.8) is 0 Å². The van der Waals surface area contributed by atoms with E-state index in [4.69, 9.17) is 4.74 Å². The summed E-state index contributed by atoms with van der Waals surface area (Å²) in [6.45, 7) is 8.88. The van der Waals surface area contributed by atoms with Crippen molar-refractivity contribution in [2.24, 2.45) is 0 Å². The van der Waals surface area contributed by atoms with Crippen LogP contribution < -0.4 is 4.74 Å². The molecule has 127 valence electrons. The van der Waals surface area contributed by atoms with E-state index in [2.05, 4.69) is 58.0 Å². The third-order valence-corrected chi connectivity index (χ3v) is 4.32. The lowest BCUT2D eigenvalue weighted by atomic mass is 9.91. The quantitative estimate of drug-likeness (QED) is 0.481. The minimum absolute atomic E-state index is 0.470. The Morgan fingerprint density at radius 1 is 0.640 bits per heavy atom. The molecule has 0 aliphatic heterocycles. The molecule has 3 aromatic carbocycles. The molecule has 0 aromatic heterocycles. The summed E-state index contributed by atoms with van der Waals surface area (Å²) in [7, 11) is 0. The van der Waals surface area contributed by atoms with Gasteiger partial charge in [-0.25, -0.2) is 0 Å². The van der Waals surface area contributed by atoms with Gasteiger partial charge >= 0.3 is 0 Å². The predicted molar refractivity (Wildman–Crippen MR) is 105 cm³/mol. The van der Waals surface area contributed by atoms with Crippen molar-refractivity contribution >= 4 is 0 Å². The van der Waals surface area contributed by atoms with Gasteiger partial charge in [-0.3, -0.25) is 0 Å². The molecule has 0 heterocycles. The lowest BCUT2D eigenvalue weighted by molar-refractivity contribution is 0.483. The molecule has 0 N–H and O–H groups in total. The van der Waals surface area contributed by atoms with Crippen molar-refractivity contribution in [1.82, 2.24) is 0 Å². The SMILES string of the molecule is CC(C)c1[c]c(C(C)C)cc(-c2ccc(Oc3ccccc3)cc2)c1. The Morgan fingerprint density at radius 3 is 1.68 bits per heavy atom. The number of rotatable bonds is 5. The molecule has 0 aliphatic rings. The molecule has 0 saturated carbocycles. The molecule has 3 aromatic rings. The summed E-state index contributed by atoms with van der Waals surface area (Å²) >= 11 is 0. The van der Waals surface area contributed by atoms with Crippen molar-refractivity contribution in [3.8, 4) is 22.6 Å². The molecule has 3 rings (SSSR count). The van der Waals surface area contributed by atoms with Crippen LogP contribution in [0, 0.1) is 6.07 Å². The first-order chi connectivity index (χ1) is 12.0. The van der Waals surface area contributed by atoms with Crippen LogP contribution in [0.2, 0.25) is 0 Å². The van der Waals surface area contributed by atoms with Crippen molar-refractivity contribution in [2.75, 3.05) is 0 Å². The Labute approximate surface area is 151 Å². The molecular weight excluding hydrogens is 304 g/mol. The van der Waals surface area contributed by atoms with Crippen LogP contribution in [0.5, 0.6) is 11.5 Å². The molecule has 0 bridgehead atoms. The normalized spacial score (nSPS) is 11.1. The zero-order valence-electron chi connectivity index (χ0n) is 15.4. The van der Waals surface area contributed by atoms with Crippen LogP contribution in [0.25, 0.3) is 11.1 Å². The minimum atomic E-state index is 0.470. The Balaban J connectivity index is 1.89. The summed E-state index contributed by atoms with van der Waals surface area (Å²) in [5, 5.41) is 0. The van der Waals surface area contributed by atoms with E-state index in [-0.39, 0.29) is 0 Å². The van der Waals surface area contributed by atoms with E-state index in [1.54, 1.807) is 0 Å². The summed E-state index contributed by atoms with van der Waals surface area (Å²) in [5.74, 6) is 2.65. The zero-order chi connectivity index (χ0) is 17.8. The van der Waals surface area contributed by atoms with Crippen molar-refractivity contribution in [1.29, 1.82) is 0 Å². The highest BCUT2D eigenvalue weighted by atomic mass is 16.5. The molecule has 0 spiro atoms. The summed E-state index contributed by atoms with van der Waals surface area (Å²) in [6, 6.07) is 26.3. The van der Waals surface area contributed by atoms with Crippen molar-refractivity contribution in [3.05, 3.63) is 83.9 Å². The zero-order valence-corrected chi connectivity index (χ0v) is 15.4. The fourth-order valence-corrected chi connectivity index (χ4v) is 2.74. The second-order valence-electron chi connectivity index (χ2n) is 7.03. The first-order valence-electron chi connectivity index (χ1n) is 8.93. The molecule has 25 heavy (non-hydrogen) atoms. The van der Waals surface area contributed by atoms with Gasteiger partial charge < -0.3 is 4.74 Å². The van der Waals surface area contributed by atoms with E-state index in [0.717, 1.165) is 11.5 Å². The first-order valence-corrected chi connectivity index (χ1v) is 8.93. The maximum Gasteiger partial charge on any atom is 0.127 e. The van der Waals surface area contributed by atoms with Gasteiger partial charge in [0.25, 0.3) is 0 Å². The summed E-state index contributed by atoms with van der Waals surface area (Å²) < 4.78 is 5.89. The van der Waals surface area contributed by atoms with E-state index in [1.807, 2.05) is 42.5 Å². The molecule has 0 atom stereocenters. The standard InChI is InChI=1S/C24H25O/c1-17(2)20-14-21(18(3)4)16-22(15-20)19-10-12-24(13-11-19)25-23-8-6-5-7-9-23/h5-13,15-18H,1-4H3. The lowest BCUT2D eigenvalue weighted by Crippen LogP contribution is -1.95. The van der Waals surface area contributed by atoms with E-state index < -0.39 is 0 Å². The van der Waals surface area contributed by atoms with E-state index in [9.17, 15) is 0 Å². The average molecular weight is 329 g/mol. The lowest BCUT2D eigenvalue weighted by Gasteiger charge is -2.14. The van der Waals surface area contributed by atoms with Gasteiger partial charge in [-0.1, -0.05) is 70.2 Å². The Morgan fingerprint density at radius 2 is 1.16 bits per heavy atom. The van der Waals surface area contributed by atoms with Gasteiger partial charge in [-0.2, -0.15) is 0 Å². The van der Waals surface area contributed by atoms with Crippen molar-refractivity contribution < 1.29 is 4.74 Å². The topological polar surface area (TPSA) is 9.23 Å². The second-order valence-corrected chi connectivity index (χ2v) is 7.03. The average Bonchev–Trinajstić information content (AvgIpc) is 2.62. The van der Waals surface area contributed by atoms with Crippen LogP contribution in [0.3, 0.4) is 0 Å². The Bertz CT molecular complexity index is 788. The van der Waals surface area contributed by atoms with E-state index >= 15 is 0 Å².